The molecule has 2 aromatic rings. The third kappa shape index (κ3) is 3.55. The zero-order valence-corrected chi connectivity index (χ0v) is 11.1. The van der Waals surface area contributed by atoms with Crippen LogP contribution in [0.4, 0.5) is 4.39 Å². The normalized spacial score (nSPS) is 10.3. The lowest BCUT2D eigenvalue weighted by molar-refractivity contribution is 0.101. The molecule has 0 aromatic heterocycles. The third-order valence-corrected chi connectivity index (χ3v) is 3.02. The zero-order chi connectivity index (χ0) is 13.8. The highest BCUT2D eigenvalue weighted by molar-refractivity contribution is 6.31. The first-order valence-electron chi connectivity index (χ1n) is 5.74. The van der Waals surface area contributed by atoms with Crippen molar-refractivity contribution in [1.29, 1.82) is 0 Å². The highest BCUT2D eigenvalue weighted by Crippen LogP contribution is 2.20. The minimum Gasteiger partial charge on any atom is -0.489 e. The molecule has 0 heterocycles. The Morgan fingerprint density at radius 1 is 1.21 bits per heavy atom. The van der Waals surface area contributed by atoms with Crippen LogP contribution in [0.25, 0.3) is 0 Å². The number of carbonyl (C=O) groups excluding carboxylic acids is 1. The molecule has 0 spiro atoms. The molecule has 0 aliphatic carbocycles. The van der Waals surface area contributed by atoms with Gasteiger partial charge in [-0.1, -0.05) is 17.7 Å². The van der Waals surface area contributed by atoms with Crippen LogP contribution in [0.3, 0.4) is 0 Å². The number of ketones is 1. The molecule has 0 amide bonds. The summed E-state index contributed by atoms with van der Waals surface area (Å²) < 4.78 is 18.4. The Kier molecular flexibility index (Phi) is 4.17. The van der Waals surface area contributed by atoms with Crippen LogP contribution in [-0.4, -0.2) is 5.78 Å². The number of carbonyl (C=O) groups is 1. The van der Waals surface area contributed by atoms with E-state index in [2.05, 4.69) is 0 Å². The molecule has 0 saturated carbocycles. The van der Waals surface area contributed by atoms with Crippen molar-refractivity contribution < 1.29 is 13.9 Å². The third-order valence-electron chi connectivity index (χ3n) is 2.67. The van der Waals surface area contributed by atoms with Gasteiger partial charge in [-0.05, 0) is 43.3 Å². The molecule has 19 heavy (non-hydrogen) atoms. The molecule has 0 saturated heterocycles. The van der Waals surface area contributed by atoms with E-state index in [9.17, 15) is 9.18 Å². The molecule has 0 unspecified atom stereocenters. The van der Waals surface area contributed by atoms with Gasteiger partial charge in [0.15, 0.2) is 5.78 Å². The molecule has 4 heteroatoms. The van der Waals surface area contributed by atoms with Gasteiger partial charge in [-0.2, -0.15) is 0 Å². The maximum absolute atomic E-state index is 12.9. The monoisotopic (exact) mass is 278 g/mol. The summed E-state index contributed by atoms with van der Waals surface area (Å²) in [6.45, 7) is 1.76. The SMILES string of the molecule is CC(=O)c1ccc(OCc2ccc(F)cc2Cl)cc1. The molecule has 0 aliphatic rings. The number of halogens is 2. The topological polar surface area (TPSA) is 26.3 Å². The quantitative estimate of drug-likeness (QED) is 0.781. The van der Waals surface area contributed by atoms with Crippen molar-refractivity contribution in [2.75, 3.05) is 0 Å². The van der Waals surface area contributed by atoms with Crippen LogP contribution in [0.2, 0.25) is 5.02 Å². The Bertz CT molecular complexity index is 594. The highest BCUT2D eigenvalue weighted by Gasteiger charge is 2.04. The van der Waals surface area contributed by atoms with Gasteiger partial charge < -0.3 is 4.74 Å². The number of hydrogen-bond donors (Lipinski definition) is 0. The maximum atomic E-state index is 12.9. The van der Waals surface area contributed by atoms with Gasteiger partial charge in [-0.3, -0.25) is 4.79 Å². The zero-order valence-electron chi connectivity index (χ0n) is 10.3. The van der Waals surface area contributed by atoms with Crippen LogP contribution in [-0.2, 0) is 6.61 Å². The van der Waals surface area contributed by atoms with Gasteiger partial charge in [0.05, 0.1) is 5.02 Å². The first-order chi connectivity index (χ1) is 9.06. The minimum atomic E-state index is -0.375. The smallest absolute Gasteiger partial charge is 0.159 e. The maximum Gasteiger partial charge on any atom is 0.159 e. The summed E-state index contributed by atoms with van der Waals surface area (Å²) in [7, 11) is 0. The van der Waals surface area contributed by atoms with Crippen LogP contribution >= 0.6 is 11.6 Å². The van der Waals surface area contributed by atoms with Crippen molar-refractivity contribution in [3.63, 3.8) is 0 Å². The van der Waals surface area contributed by atoms with Gasteiger partial charge in [0.2, 0.25) is 0 Å². The Hall–Kier alpha value is -1.87. The Morgan fingerprint density at radius 2 is 1.89 bits per heavy atom. The van der Waals surface area contributed by atoms with E-state index in [0.29, 0.717) is 21.9 Å². The Labute approximate surface area is 115 Å². The molecule has 2 nitrogen and oxygen atoms in total. The summed E-state index contributed by atoms with van der Waals surface area (Å²) >= 11 is 5.90. The van der Waals surface area contributed by atoms with Gasteiger partial charge in [0.1, 0.15) is 18.2 Å². The van der Waals surface area contributed by atoms with E-state index >= 15 is 0 Å². The van der Waals surface area contributed by atoms with E-state index in [4.69, 9.17) is 16.3 Å². The molecule has 0 radical (unpaired) electrons. The predicted molar refractivity (Wildman–Crippen MR) is 72.2 cm³/mol. The second kappa shape index (κ2) is 5.85. The summed E-state index contributed by atoms with van der Waals surface area (Å²) in [6.07, 6.45) is 0. The van der Waals surface area contributed by atoms with E-state index in [-0.39, 0.29) is 18.2 Å². The fourth-order valence-corrected chi connectivity index (χ4v) is 1.81. The van der Waals surface area contributed by atoms with Gasteiger partial charge in [-0.25, -0.2) is 4.39 Å². The standard InChI is InChI=1S/C15H12ClFO2/c1-10(18)11-3-6-14(7-4-11)19-9-12-2-5-13(17)8-15(12)16/h2-8H,9H2,1H3. The average molecular weight is 279 g/mol. The molecule has 98 valence electrons. The van der Waals surface area contributed by atoms with E-state index in [0.717, 1.165) is 0 Å². The molecular formula is C15H12ClFO2. The average Bonchev–Trinajstić information content (AvgIpc) is 2.38. The first kappa shape index (κ1) is 13.6. The van der Waals surface area contributed by atoms with Crippen LogP contribution in [0, 0.1) is 5.82 Å². The summed E-state index contributed by atoms with van der Waals surface area (Å²) in [4.78, 5) is 11.1. The molecule has 0 atom stereocenters. The first-order valence-corrected chi connectivity index (χ1v) is 6.12. The van der Waals surface area contributed by atoms with E-state index in [1.54, 1.807) is 30.3 Å². The summed E-state index contributed by atoms with van der Waals surface area (Å²) in [5.74, 6) is 0.262. The van der Waals surface area contributed by atoms with Crippen molar-refractivity contribution in [2.45, 2.75) is 13.5 Å². The Morgan fingerprint density at radius 3 is 2.47 bits per heavy atom. The second-order valence-electron chi connectivity index (χ2n) is 4.10. The fourth-order valence-electron chi connectivity index (χ4n) is 1.59. The van der Waals surface area contributed by atoms with E-state index in [1.807, 2.05) is 0 Å². The molecule has 0 fully saturated rings. The molecule has 0 bridgehead atoms. The van der Waals surface area contributed by atoms with Crippen molar-refractivity contribution in [3.8, 4) is 5.75 Å². The van der Waals surface area contributed by atoms with Crippen LogP contribution in [0.5, 0.6) is 5.75 Å². The number of rotatable bonds is 4. The van der Waals surface area contributed by atoms with Gasteiger partial charge in [0, 0.05) is 11.1 Å². The number of ether oxygens (including phenoxy) is 1. The molecule has 2 aromatic carbocycles. The number of benzene rings is 2. The van der Waals surface area contributed by atoms with Crippen molar-refractivity contribution in [1.82, 2.24) is 0 Å². The lowest BCUT2D eigenvalue weighted by atomic mass is 10.1. The number of hydrogen-bond acceptors (Lipinski definition) is 2. The Balaban J connectivity index is 2.04. The van der Waals surface area contributed by atoms with Gasteiger partial charge >= 0.3 is 0 Å². The molecule has 0 aliphatic heterocycles. The van der Waals surface area contributed by atoms with Crippen LogP contribution in [0.1, 0.15) is 22.8 Å². The lowest BCUT2D eigenvalue weighted by Crippen LogP contribution is -1.97. The number of Topliss-reactive ketones (excluding diaryl/α,β-unsaturated/α-hetero) is 1. The van der Waals surface area contributed by atoms with Crippen LogP contribution in [0.15, 0.2) is 42.5 Å². The van der Waals surface area contributed by atoms with Crippen molar-refractivity contribution in [2.24, 2.45) is 0 Å². The predicted octanol–water partition coefficient (Wildman–Crippen LogP) is 4.26. The molecule has 2 rings (SSSR count). The molecule has 0 N–H and O–H groups in total. The fraction of sp³-hybridized carbons (Fsp3) is 0.133. The second-order valence-corrected chi connectivity index (χ2v) is 4.51. The highest BCUT2D eigenvalue weighted by atomic mass is 35.5. The minimum absolute atomic E-state index is 0.00753. The van der Waals surface area contributed by atoms with E-state index in [1.165, 1.54) is 19.1 Å². The van der Waals surface area contributed by atoms with Gasteiger partial charge in [0.25, 0.3) is 0 Å². The molecular weight excluding hydrogens is 267 g/mol. The van der Waals surface area contributed by atoms with Crippen LogP contribution < -0.4 is 4.74 Å². The van der Waals surface area contributed by atoms with E-state index < -0.39 is 0 Å². The van der Waals surface area contributed by atoms with Crippen molar-refractivity contribution in [3.05, 3.63) is 64.4 Å². The lowest BCUT2D eigenvalue weighted by Gasteiger charge is -2.08. The summed E-state index contributed by atoms with van der Waals surface area (Å²) in [5, 5.41) is 0.334. The van der Waals surface area contributed by atoms with Crippen molar-refractivity contribution >= 4 is 17.4 Å². The summed E-state index contributed by atoms with van der Waals surface area (Å²) in [5.41, 5.74) is 1.34. The summed E-state index contributed by atoms with van der Waals surface area (Å²) in [6, 6.07) is 11.0. The van der Waals surface area contributed by atoms with Gasteiger partial charge in [-0.15, -0.1) is 0 Å². The largest absolute Gasteiger partial charge is 0.489 e.